The van der Waals surface area contributed by atoms with Crippen LogP contribution in [-0.4, -0.2) is 39.1 Å². The standard InChI is InChI=1S/C23H23F3N6O/c1-28-7-8-32(15-5-6-18-20(9-15)31(4)22(33)30(18)3)21-11-17(23(24,25)26)16(10-19(21)28)14-12-27-29(2)13-14/h5-6,9-13H,7-8H2,1-4H3. The normalized spacial score (nSPS) is 14.3. The highest BCUT2D eigenvalue weighted by Crippen LogP contribution is 2.46. The van der Waals surface area contributed by atoms with Gasteiger partial charge >= 0.3 is 11.9 Å². The first-order valence-corrected chi connectivity index (χ1v) is 10.4. The SMILES string of the molecule is CN1CCN(c2ccc3c(c2)n(C)c(=O)n3C)c2cc(C(F)(F)F)c(-c3cnn(C)c3)cc21. The van der Waals surface area contributed by atoms with Crippen LogP contribution in [0.2, 0.25) is 0 Å². The zero-order chi connectivity index (χ0) is 23.7. The molecule has 4 aromatic rings. The van der Waals surface area contributed by atoms with Crippen LogP contribution >= 0.6 is 0 Å². The number of fused-ring (bicyclic) bond motifs is 2. The second-order valence-electron chi connectivity index (χ2n) is 8.43. The van der Waals surface area contributed by atoms with Crippen molar-refractivity contribution in [2.45, 2.75) is 6.18 Å². The lowest BCUT2D eigenvalue weighted by Gasteiger charge is -2.38. The second kappa shape index (κ2) is 7.16. The molecule has 1 aliphatic rings. The number of aryl methyl sites for hydroxylation is 3. The van der Waals surface area contributed by atoms with Crippen molar-refractivity contribution in [1.29, 1.82) is 0 Å². The molecule has 2 aromatic carbocycles. The summed E-state index contributed by atoms with van der Waals surface area (Å²) in [6.45, 7) is 1.15. The van der Waals surface area contributed by atoms with E-state index in [0.29, 0.717) is 30.0 Å². The minimum atomic E-state index is -4.53. The van der Waals surface area contributed by atoms with Gasteiger partial charge in [0.2, 0.25) is 0 Å². The fourth-order valence-corrected chi connectivity index (χ4v) is 4.55. The summed E-state index contributed by atoms with van der Waals surface area (Å²) in [6.07, 6.45) is -1.50. The third-order valence-corrected chi connectivity index (χ3v) is 6.36. The Kier molecular flexibility index (Phi) is 4.59. The zero-order valence-corrected chi connectivity index (χ0v) is 18.7. The predicted octanol–water partition coefficient (Wildman–Crippen LogP) is 3.88. The molecule has 0 amide bonds. The molecule has 0 fully saturated rings. The number of benzene rings is 2. The Bertz CT molecular complexity index is 1450. The van der Waals surface area contributed by atoms with E-state index in [-0.39, 0.29) is 11.3 Å². The molecule has 0 saturated carbocycles. The van der Waals surface area contributed by atoms with Gasteiger partial charge < -0.3 is 9.80 Å². The van der Waals surface area contributed by atoms with E-state index in [9.17, 15) is 18.0 Å². The van der Waals surface area contributed by atoms with Crippen LogP contribution in [0.5, 0.6) is 0 Å². The predicted molar refractivity (Wildman–Crippen MR) is 122 cm³/mol. The van der Waals surface area contributed by atoms with Gasteiger partial charge in [-0.3, -0.25) is 13.8 Å². The molecule has 0 saturated heterocycles. The smallest absolute Gasteiger partial charge is 0.371 e. The van der Waals surface area contributed by atoms with E-state index in [1.165, 1.54) is 16.9 Å². The van der Waals surface area contributed by atoms with Crippen molar-refractivity contribution in [3.8, 4) is 11.1 Å². The summed E-state index contributed by atoms with van der Waals surface area (Å²) in [4.78, 5) is 16.2. The van der Waals surface area contributed by atoms with Gasteiger partial charge in [0.1, 0.15) is 0 Å². The molecular weight excluding hydrogens is 433 g/mol. The molecule has 3 heterocycles. The van der Waals surface area contributed by atoms with Gasteiger partial charge in [0, 0.05) is 58.7 Å². The third-order valence-electron chi connectivity index (χ3n) is 6.36. The van der Waals surface area contributed by atoms with Crippen molar-refractivity contribution >= 4 is 28.1 Å². The van der Waals surface area contributed by atoms with Crippen LogP contribution < -0.4 is 15.5 Å². The number of hydrogen-bond acceptors (Lipinski definition) is 4. The first-order chi connectivity index (χ1) is 15.6. The summed E-state index contributed by atoms with van der Waals surface area (Å²) in [7, 11) is 6.94. The van der Waals surface area contributed by atoms with E-state index in [4.69, 9.17) is 0 Å². The Hall–Kier alpha value is -3.69. The number of anilines is 3. The highest BCUT2D eigenvalue weighted by Gasteiger charge is 2.37. The third kappa shape index (κ3) is 3.28. The first kappa shape index (κ1) is 21.2. The molecule has 5 rings (SSSR count). The van der Waals surface area contributed by atoms with E-state index in [0.717, 1.165) is 16.7 Å². The number of alkyl halides is 3. The van der Waals surface area contributed by atoms with Gasteiger partial charge in [-0.1, -0.05) is 0 Å². The van der Waals surface area contributed by atoms with Gasteiger partial charge in [-0.05, 0) is 35.9 Å². The maximum atomic E-state index is 14.1. The molecule has 2 aromatic heterocycles. The van der Waals surface area contributed by atoms with Gasteiger partial charge in [-0.15, -0.1) is 0 Å². The maximum Gasteiger partial charge on any atom is 0.417 e. The Labute approximate surface area is 187 Å². The highest BCUT2D eigenvalue weighted by atomic mass is 19.4. The van der Waals surface area contributed by atoms with Crippen LogP contribution in [-0.2, 0) is 27.3 Å². The van der Waals surface area contributed by atoms with Crippen molar-refractivity contribution in [1.82, 2.24) is 18.9 Å². The van der Waals surface area contributed by atoms with E-state index in [1.54, 1.807) is 42.5 Å². The molecular formula is C23H23F3N6O. The molecule has 0 aliphatic carbocycles. The summed E-state index contributed by atoms with van der Waals surface area (Å²) >= 11 is 0. The minimum absolute atomic E-state index is 0.101. The molecule has 0 radical (unpaired) electrons. The van der Waals surface area contributed by atoms with Crippen LogP contribution in [0.4, 0.5) is 30.2 Å². The van der Waals surface area contributed by atoms with Crippen molar-refractivity contribution in [2.24, 2.45) is 21.1 Å². The van der Waals surface area contributed by atoms with Crippen molar-refractivity contribution in [2.75, 3.05) is 29.9 Å². The molecule has 10 heteroatoms. The lowest BCUT2D eigenvalue weighted by atomic mass is 9.97. The molecule has 172 valence electrons. The Balaban J connectivity index is 1.72. The van der Waals surface area contributed by atoms with Gasteiger partial charge in [-0.25, -0.2) is 4.79 Å². The number of likely N-dealkylation sites (N-methyl/N-ethyl adjacent to an activating group) is 1. The molecule has 0 atom stereocenters. The van der Waals surface area contributed by atoms with Gasteiger partial charge in [0.05, 0.1) is 34.2 Å². The Morgan fingerprint density at radius 3 is 2.30 bits per heavy atom. The monoisotopic (exact) mass is 456 g/mol. The number of rotatable bonds is 2. The lowest BCUT2D eigenvalue weighted by molar-refractivity contribution is -0.137. The minimum Gasteiger partial charge on any atom is -0.371 e. The average molecular weight is 456 g/mol. The maximum absolute atomic E-state index is 14.1. The molecule has 0 unspecified atom stereocenters. The Morgan fingerprint density at radius 2 is 1.64 bits per heavy atom. The molecule has 0 bridgehead atoms. The van der Waals surface area contributed by atoms with Crippen LogP contribution in [0.15, 0.2) is 47.5 Å². The first-order valence-electron chi connectivity index (χ1n) is 10.4. The Morgan fingerprint density at radius 1 is 0.909 bits per heavy atom. The van der Waals surface area contributed by atoms with E-state index < -0.39 is 11.7 Å². The van der Waals surface area contributed by atoms with Crippen LogP contribution in [0.3, 0.4) is 0 Å². The lowest BCUT2D eigenvalue weighted by Crippen LogP contribution is -2.36. The molecule has 0 spiro atoms. The topological polar surface area (TPSA) is 51.2 Å². The van der Waals surface area contributed by atoms with E-state index in [2.05, 4.69) is 5.10 Å². The average Bonchev–Trinajstić information content (AvgIpc) is 3.30. The van der Waals surface area contributed by atoms with E-state index >= 15 is 0 Å². The zero-order valence-electron chi connectivity index (χ0n) is 18.7. The van der Waals surface area contributed by atoms with Gasteiger partial charge in [0.15, 0.2) is 0 Å². The summed E-state index contributed by atoms with van der Waals surface area (Å²) in [5, 5.41) is 4.05. The van der Waals surface area contributed by atoms with Crippen molar-refractivity contribution < 1.29 is 13.2 Å². The number of imidazole rings is 1. The molecule has 0 N–H and O–H groups in total. The summed E-state index contributed by atoms with van der Waals surface area (Å²) < 4.78 is 47.0. The van der Waals surface area contributed by atoms with Crippen molar-refractivity contribution in [3.05, 3.63) is 58.8 Å². The van der Waals surface area contributed by atoms with Crippen LogP contribution in [0.25, 0.3) is 22.2 Å². The van der Waals surface area contributed by atoms with Crippen LogP contribution in [0.1, 0.15) is 5.56 Å². The van der Waals surface area contributed by atoms with Gasteiger partial charge in [-0.2, -0.15) is 18.3 Å². The number of nitrogens with zero attached hydrogens (tertiary/aromatic N) is 6. The summed E-state index contributed by atoms with van der Waals surface area (Å²) in [5.74, 6) is 0. The molecule has 33 heavy (non-hydrogen) atoms. The summed E-state index contributed by atoms with van der Waals surface area (Å²) in [6, 6.07) is 8.35. The van der Waals surface area contributed by atoms with Crippen molar-refractivity contribution in [3.63, 3.8) is 0 Å². The molecule has 7 nitrogen and oxygen atoms in total. The second-order valence-corrected chi connectivity index (χ2v) is 8.43. The number of hydrogen-bond donors (Lipinski definition) is 0. The molecule has 1 aliphatic heterocycles. The largest absolute Gasteiger partial charge is 0.417 e. The summed E-state index contributed by atoms with van der Waals surface area (Å²) in [5.41, 5.74) is 3.07. The fourth-order valence-electron chi connectivity index (χ4n) is 4.55. The van der Waals surface area contributed by atoms with Gasteiger partial charge in [0.25, 0.3) is 0 Å². The number of halogens is 3. The highest BCUT2D eigenvalue weighted by molar-refractivity contribution is 5.88. The van der Waals surface area contributed by atoms with E-state index in [1.807, 2.05) is 35.0 Å². The van der Waals surface area contributed by atoms with Crippen LogP contribution in [0, 0.1) is 0 Å². The number of aromatic nitrogens is 4. The fraction of sp³-hybridized carbons (Fsp3) is 0.304. The quantitative estimate of drug-likeness (QED) is 0.459.